The number of thiazole rings is 1. The van der Waals surface area contributed by atoms with Crippen LogP contribution in [0.3, 0.4) is 0 Å². The van der Waals surface area contributed by atoms with Gasteiger partial charge >= 0.3 is 0 Å². The molecule has 1 saturated heterocycles. The number of morpholine rings is 1. The lowest BCUT2D eigenvalue weighted by molar-refractivity contribution is -0.394. The fourth-order valence-corrected chi connectivity index (χ4v) is 5.43. The molecule has 1 fully saturated rings. The third-order valence-electron chi connectivity index (χ3n) is 5.57. The molecule has 36 heavy (non-hydrogen) atoms. The van der Waals surface area contributed by atoms with Crippen molar-refractivity contribution in [3.63, 3.8) is 0 Å². The van der Waals surface area contributed by atoms with Crippen LogP contribution in [0.4, 0.5) is 16.5 Å². The van der Waals surface area contributed by atoms with Crippen LogP contribution < -0.4 is 4.90 Å². The number of fused-ring (bicyclic) bond motifs is 1. The van der Waals surface area contributed by atoms with E-state index in [-0.39, 0.29) is 22.1 Å². The van der Waals surface area contributed by atoms with Crippen molar-refractivity contribution >= 4 is 53.8 Å². The summed E-state index contributed by atoms with van der Waals surface area (Å²) >= 11 is 1.08. The smallest absolute Gasteiger partial charge is 0.277 e. The zero-order chi connectivity index (χ0) is 26.0. The molecule has 1 amide bonds. The van der Waals surface area contributed by atoms with Crippen LogP contribution in [0.5, 0.6) is 0 Å². The van der Waals surface area contributed by atoms with E-state index in [1.807, 2.05) is 0 Å². The first kappa shape index (κ1) is 25.6. The van der Waals surface area contributed by atoms with Gasteiger partial charge in [0.05, 0.1) is 49.8 Å². The number of sulfone groups is 1. The van der Waals surface area contributed by atoms with Gasteiger partial charge in [0.2, 0.25) is 0 Å². The zero-order valence-corrected chi connectivity index (χ0v) is 20.7. The molecule has 0 atom stereocenters. The van der Waals surface area contributed by atoms with Crippen molar-refractivity contribution in [3.05, 3.63) is 62.2 Å². The maximum absolute atomic E-state index is 13.6. The van der Waals surface area contributed by atoms with Gasteiger partial charge in [0, 0.05) is 44.6 Å². The van der Waals surface area contributed by atoms with Crippen molar-refractivity contribution in [3.8, 4) is 0 Å². The van der Waals surface area contributed by atoms with E-state index in [9.17, 15) is 33.4 Å². The first-order valence-electron chi connectivity index (χ1n) is 10.7. The van der Waals surface area contributed by atoms with Gasteiger partial charge in [-0.05, 0) is 18.2 Å². The number of carbonyl (C=O) groups is 1. The Bertz CT molecular complexity index is 1420. The number of aromatic nitrogens is 1. The van der Waals surface area contributed by atoms with Crippen LogP contribution in [0.25, 0.3) is 10.2 Å². The first-order valence-corrected chi connectivity index (χ1v) is 13.4. The molecule has 15 heteroatoms. The number of ether oxygens (including phenoxy) is 1. The Morgan fingerprint density at radius 1 is 1.11 bits per heavy atom. The number of nitro benzene ring substituents is 2. The van der Waals surface area contributed by atoms with Crippen LogP contribution in [0.2, 0.25) is 0 Å². The van der Waals surface area contributed by atoms with E-state index < -0.39 is 37.0 Å². The highest BCUT2D eigenvalue weighted by Gasteiger charge is 2.27. The van der Waals surface area contributed by atoms with Crippen LogP contribution in [-0.4, -0.2) is 79.7 Å². The highest BCUT2D eigenvalue weighted by molar-refractivity contribution is 7.90. The predicted octanol–water partition coefficient (Wildman–Crippen LogP) is 2.50. The van der Waals surface area contributed by atoms with E-state index in [2.05, 4.69) is 9.88 Å². The van der Waals surface area contributed by atoms with Gasteiger partial charge in [-0.1, -0.05) is 11.3 Å². The van der Waals surface area contributed by atoms with Crippen molar-refractivity contribution in [2.45, 2.75) is 4.90 Å². The van der Waals surface area contributed by atoms with E-state index >= 15 is 0 Å². The molecular formula is C21H21N5O8S2. The van der Waals surface area contributed by atoms with E-state index in [0.29, 0.717) is 43.1 Å². The molecule has 1 aliphatic heterocycles. The minimum atomic E-state index is -3.46. The van der Waals surface area contributed by atoms with Crippen LogP contribution >= 0.6 is 11.3 Å². The van der Waals surface area contributed by atoms with Crippen LogP contribution in [-0.2, 0) is 14.6 Å². The molecule has 0 radical (unpaired) electrons. The third-order valence-corrected chi connectivity index (χ3v) is 7.72. The summed E-state index contributed by atoms with van der Waals surface area (Å²) in [6.45, 7) is 2.98. The number of hydrogen-bond acceptors (Lipinski definition) is 11. The Morgan fingerprint density at radius 3 is 2.33 bits per heavy atom. The topological polar surface area (TPSA) is 166 Å². The van der Waals surface area contributed by atoms with Crippen molar-refractivity contribution in [1.82, 2.24) is 9.88 Å². The number of non-ortho nitro benzene ring substituents is 2. The van der Waals surface area contributed by atoms with Gasteiger partial charge in [-0.25, -0.2) is 13.4 Å². The highest BCUT2D eigenvalue weighted by Crippen LogP contribution is 2.32. The molecule has 0 N–H and O–H groups in total. The highest BCUT2D eigenvalue weighted by atomic mass is 32.2. The Morgan fingerprint density at radius 2 is 1.75 bits per heavy atom. The average molecular weight is 536 g/mol. The van der Waals surface area contributed by atoms with E-state index in [1.165, 1.54) is 23.1 Å². The number of carbonyl (C=O) groups excluding carboxylic acids is 1. The Labute approximate surface area is 209 Å². The number of anilines is 1. The Balaban J connectivity index is 1.75. The number of benzene rings is 2. The molecular weight excluding hydrogens is 514 g/mol. The molecule has 0 aliphatic carbocycles. The van der Waals surface area contributed by atoms with Gasteiger partial charge in [-0.15, -0.1) is 0 Å². The van der Waals surface area contributed by atoms with Gasteiger partial charge in [-0.3, -0.25) is 34.8 Å². The molecule has 0 saturated carbocycles. The fraction of sp³-hybridized carbons (Fsp3) is 0.333. The van der Waals surface area contributed by atoms with Gasteiger partial charge in [0.1, 0.15) is 0 Å². The van der Waals surface area contributed by atoms with Crippen molar-refractivity contribution in [2.24, 2.45) is 0 Å². The van der Waals surface area contributed by atoms with Crippen molar-refractivity contribution < 1.29 is 27.8 Å². The number of rotatable bonds is 8. The standard InChI is InChI=1S/C21H21N5O8S2/c1-36(32,33)17-2-3-18-19(13-17)35-21(22-18)24(5-4-23-6-8-34-9-7-23)20(27)14-10-15(25(28)29)12-16(11-14)26(30)31/h2-3,10-13H,4-9H2,1H3. The molecule has 2 aromatic carbocycles. The van der Waals surface area contributed by atoms with E-state index in [4.69, 9.17) is 4.74 Å². The molecule has 13 nitrogen and oxygen atoms in total. The fourth-order valence-electron chi connectivity index (χ4n) is 3.67. The molecule has 3 aromatic rings. The Kier molecular flexibility index (Phi) is 7.26. The SMILES string of the molecule is CS(=O)(=O)c1ccc2nc(N(CCN3CCOCC3)C(=O)c3cc([N+](=O)[O-])cc([N+](=O)[O-])c3)sc2c1. The molecule has 190 valence electrons. The third kappa shape index (κ3) is 5.64. The van der Waals surface area contributed by atoms with Crippen LogP contribution in [0.15, 0.2) is 41.3 Å². The van der Waals surface area contributed by atoms with Crippen LogP contribution in [0.1, 0.15) is 10.4 Å². The quantitative estimate of drug-likeness (QED) is 0.309. The van der Waals surface area contributed by atoms with Gasteiger partial charge in [0.25, 0.3) is 17.3 Å². The summed E-state index contributed by atoms with van der Waals surface area (Å²) in [5.74, 6) is -0.697. The van der Waals surface area contributed by atoms with Gasteiger partial charge < -0.3 is 4.74 Å². The zero-order valence-electron chi connectivity index (χ0n) is 19.0. The largest absolute Gasteiger partial charge is 0.379 e. The van der Waals surface area contributed by atoms with E-state index in [1.54, 1.807) is 0 Å². The minimum Gasteiger partial charge on any atom is -0.379 e. The second-order valence-corrected chi connectivity index (χ2v) is 11.1. The van der Waals surface area contributed by atoms with Crippen LogP contribution in [0, 0.1) is 20.2 Å². The van der Waals surface area contributed by atoms with Crippen molar-refractivity contribution in [2.75, 3.05) is 50.5 Å². The lowest BCUT2D eigenvalue weighted by Crippen LogP contribution is -2.43. The number of nitrogens with zero attached hydrogens (tertiary/aromatic N) is 5. The molecule has 4 rings (SSSR count). The summed E-state index contributed by atoms with van der Waals surface area (Å²) in [6, 6.07) is 7.20. The summed E-state index contributed by atoms with van der Waals surface area (Å²) < 4.78 is 29.8. The molecule has 0 unspecified atom stereocenters. The molecule has 2 heterocycles. The van der Waals surface area contributed by atoms with Gasteiger partial charge in [0.15, 0.2) is 15.0 Å². The molecule has 1 aliphatic rings. The number of nitro groups is 2. The number of hydrogen-bond donors (Lipinski definition) is 0. The number of amides is 1. The van der Waals surface area contributed by atoms with E-state index in [0.717, 1.165) is 35.8 Å². The molecule has 1 aromatic heterocycles. The molecule has 0 bridgehead atoms. The van der Waals surface area contributed by atoms with Gasteiger partial charge in [-0.2, -0.15) is 0 Å². The summed E-state index contributed by atoms with van der Waals surface area (Å²) in [7, 11) is -3.46. The second kappa shape index (κ2) is 10.2. The lowest BCUT2D eigenvalue weighted by Gasteiger charge is -2.29. The summed E-state index contributed by atoms with van der Waals surface area (Å²) in [4.78, 5) is 42.6. The summed E-state index contributed by atoms with van der Waals surface area (Å²) in [6.07, 6.45) is 1.09. The molecule has 0 spiro atoms. The van der Waals surface area contributed by atoms with Crippen molar-refractivity contribution in [1.29, 1.82) is 0 Å². The summed E-state index contributed by atoms with van der Waals surface area (Å²) in [5.41, 5.74) is -0.920. The Hall–Kier alpha value is -3.53. The minimum absolute atomic E-state index is 0.103. The first-order chi connectivity index (χ1) is 17.0. The monoisotopic (exact) mass is 535 g/mol. The predicted molar refractivity (Wildman–Crippen MR) is 131 cm³/mol. The maximum atomic E-state index is 13.6. The second-order valence-electron chi connectivity index (χ2n) is 8.06. The lowest BCUT2D eigenvalue weighted by atomic mass is 10.1. The normalized spacial score (nSPS) is 14.6. The maximum Gasteiger partial charge on any atom is 0.277 e. The summed E-state index contributed by atoms with van der Waals surface area (Å²) in [5, 5.41) is 22.9. The average Bonchev–Trinajstić information content (AvgIpc) is 3.27.